The molecule has 1 aliphatic heterocycles. The van der Waals surface area contributed by atoms with Crippen molar-refractivity contribution in [1.29, 1.82) is 0 Å². The normalized spacial score (nSPS) is 29.4. The van der Waals surface area contributed by atoms with Gasteiger partial charge in [-0.3, -0.25) is 0 Å². The van der Waals surface area contributed by atoms with Crippen LogP contribution in [0.5, 0.6) is 5.75 Å². The van der Waals surface area contributed by atoms with Crippen LogP contribution in [0.4, 0.5) is 0 Å². The van der Waals surface area contributed by atoms with Gasteiger partial charge in [0.15, 0.2) is 0 Å². The van der Waals surface area contributed by atoms with E-state index in [1.807, 2.05) is 31.2 Å². The molecular formula is C12H17NO2. The summed E-state index contributed by atoms with van der Waals surface area (Å²) in [5, 5.41) is 0. The van der Waals surface area contributed by atoms with Gasteiger partial charge < -0.3 is 15.2 Å². The van der Waals surface area contributed by atoms with Gasteiger partial charge in [-0.1, -0.05) is 18.2 Å². The zero-order chi connectivity index (χ0) is 10.9. The number of hydrogen-bond donors (Lipinski definition) is 1. The molecule has 0 bridgehead atoms. The van der Waals surface area contributed by atoms with Gasteiger partial charge in [0.2, 0.25) is 0 Å². The van der Waals surface area contributed by atoms with Crippen LogP contribution in [0.2, 0.25) is 0 Å². The van der Waals surface area contributed by atoms with Crippen LogP contribution in [-0.4, -0.2) is 19.3 Å². The Labute approximate surface area is 90.2 Å². The Kier molecular flexibility index (Phi) is 2.67. The highest BCUT2D eigenvalue weighted by molar-refractivity contribution is 5.38. The van der Waals surface area contributed by atoms with Crippen LogP contribution in [0, 0.1) is 0 Å². The molecule has 15 heavy (non-hydrogen) atoms. The number of fused-ring (bicyclic) bond motifs is 1. The molecule has 1 aromatic carbocycles. The summed E-state index contributed by atoms with van der Waals surface area (Å²) < 4.78 is 11.1. The number of nitrogens with two attached hydrogens (primary N) is 1. The molecule has 0 spiro atoms. The average molecular weight is 207 g/mol. The Hall–Kier alpha value is -1.06. The summed E-state index contributed by atoms with van der Waals surface area (Å²) in [7, 11) is 1.68. The number of hydrogen-bond acceptors (Lipinski definition) is 3. The van der Waals surface area contributed by atoms with Crippen molar-refractivity contribution in [1.82, 2.24) is 0 Å². The third kappa shape index (κ3) is 1.98. The first-order chi connectivity index (χ1) is 7.14. The first-order valence-electron chi connectivity index (χ1n) is 5.17. The summed E-state index contributed by atoms with van der Waals surface area (Å²) in [4.78, 5) is 0. The molecule has 0 aromatic heterocycles. The second-order valence-electron chi connectivity index (χ2n) is 4.33. The van der Waals surface area contributed by atoms with E-state index in [0.717, 1.165) is 17.7 Å². The van der Waals surface area contributed by atoms with Crippen molar-refractivity contribution >= 4 is 0 Å². The molecule has 1 aliphatic rings. The third-order valence-electron chi connectivity index (χ3n) is 2.78. The maximum atomic E-state index is 6.12. The summed E-state index contributed by atoms with van der Waals surface area (Å²) in [5.74, 6) is 0.885. The van der Waals surface area contributed by atoms with Crippen LogP contribution in [0.25, 0.3) is 0 Å². The molecular weight excluding hydrogens is 190 g/mol. The zero-order valence-electron chi connectivity index (χ0n) is 9.19. The summed E-state index contributed by atoms with van der Waals surface area (Å²) >= 11 is 0. The highest BCUT2D eigenvalue weighted by Crippen LogP contribution is 2.38. The van der Waals surface area contributed by atoms with E-state index in [0.29, 0.717) is 6.61 Å². The first-order valence-corrected chi connectivity index (χ1v) is 5.17. The first kappa shape index (κ1) is 10.5. The Balaban J connectivity index is 2.29. The Morgan fingerprint density at radius 3 is 3.00 bits per heavy atom. The van der Waals surface area contributed by atoms with Crippen molar-refractivity contribution in [2.24, 2.45) is 5.73 Å². The fourth-order valence-corrected chi connectivity index (χ4v) is 2.16. The van der Waals surface area contributed by atoms with Crippen LogP contribution in [0.15, 0.2) is 24.3 Å². The molecule has 82 valence electrons. The lowest BCUT2D eigenvalue weighted by molar-refractivity contribution is -0.0172. The predicted octanol–water partition coefficient (Wildman–Crippen LogP) is 1.87. The monoisotopic (exact) mass is 207 g/mol. The minimum atomic E-state index is -0.303. The molecule has 3 heteroatoms. The van der Waals surface area contributed by atoms with Gasteiger partial charge in [0.05, 0.1) is 6.61 Å². The minimum absolute atomic E-state index is 0.0371. The van der Waals surface area contributed by atoms with Gasteiger partial charge in [0.25, 0.3) is 0 Å². The van der Waals surface area contributed by atoms with Crippen LogP contribution in [0.1, 0.15) is 24.9 Å². The van der Waals surface area contributed by atoms with Gasteiger partial charge in [-0.05, 0) is 13.0 Å². The largest absolute Gasteiger partial charge is 0.485 e. The highest BCUT2D eigenvalue weighted by Gasteiger charge is 2.35. The number of methoxy groups -OCH3 is 1. The van der Waals surface area contributed by atoms with Crippen LogP contribution in [0.3, 0.4) is 0 Å². The second-order valence-corrected chi connectivity index (χ2v) is 4.33. The van der Waals surface area contributed by atoms with E-state index in [1.165, 1.54) is 0 Å². The van der Waals surface area contributed by atoms with Gasteiger partial charge in [-0.25, -0.2) is 0 Å². The highest BCUT2D eigenvalue weighted by atomic mass is 16.5. The quantitative estimate of drug-likeness (QED) is 0.805. The summed E-state index contributed by atoms with van der Waals surface area (Å²) in [6, 6.07) is 7.97. The number of para-hydroxylation sites is 1. The standard InChI is InChI=1S/C12H17NO2/c1-12(8-14-2)7-10(13)9-5-3-4-6-11(9)15-12/h3-6,10H,7-8,13H2,1-2H3/t10-,12+/m1/s1. The summed E-state index contributed by atoms with van der Waals surface area (Å²) in [5.41, 5.74) is 6.90. The maximum Gasteiger partial charge on any atom is 0.131 e. The van der Waals surface area contributed by atoms with E-state index in [4.69, 9.17) is 15.2 Å². The molecule has 2 N–H and O–H groups in total. The maximum absolute atomic E-state index is 6.12. The van der Waals surface area contributed by atoms with Crippen molar-refractivity contribution in [2.75, 3.05) is 13.7 Å². The van der Waals surface area contributed by atoms with Gasteiger partial charge in [-0.15, -0.1) is 0 Å². The number of ether oxygens (including phenoxy) is 2. The predicted molar refractivity (Wildman–Crippen MR) is 58.9 cm³/mol. The average Bonchev–Trinajstić information content (AvgIpc) is 2.17. The Bertz CT molecular complexity index is 353. The third-order valence-corrected chi connectivity index (χ3v) is 2.78. The van der Waals surface area contributed by atoms with E-state index in [1.54, 1.807) is 7.11 Å². The molecule has 0 amide bonds. The molecule has 0 fully saturated rings. The van der Waals surface area contributed by atoms with Crippen LogP contribution in [-0.2, 0) is 4.74 Å². The lowest BCUT2D eigenvalue weighted by atomic mass is 9.89. The summed E-state index contributed by atoms with van der Waals surface area (Å²) in [6.45, 7) is 2.60. The van der Waals surface area contributed by atoms with Crippen molar-refractivity contribution < 1.29 is 9.47 Å². The Morgan fingerprint density at radius 2 is 2.27 bits per heavy atom. The molecule has 2 atom stereocenters. The van der Waals surface area contributed by atoms with Crippen molar-refractivity contribution in [3.63, 3.8) is 0 Å². The summed E-state index contributed by atoms with van der Waals surface area (Å²) in [6.07, 6.45) is 0.790. The Morgan fingerprint density at radius 1 is 1.53 bits per heavy atom. The molecule has 2 rings (SSSR count). The van der Waals surface area contributed by atoms with Gasteiger partial charge >= 0.3 is 0 Å². The molecule has 3 nitrogen and oxygen atoms in total. The lowest BCUT2D eigenvalue weighted by Gasteiger charge is -2.38. The second kappa shape index (κ2) is 3.83. The van der Waals surface area contributed by atoms with Gasteiger partial charge in [0, 0.05) is 25.1 Å². The smallest absolute Gasteiger partial charge is 0.131 e. The van der Waals surface area contributed by atoms with E-state index >= 15 is 0 Å². The number of benzene rings is 1. The number of rotatable bonds is 2. The van der Waals surface area contributed by atoms with E-state index < -0.39 is 0 Å². The SMILES string of the molecule is COC[C@]1(C)C[C@@H](N)c2ccccc2O1. The molecule has 1 aromatic rings. The minimum Gasteiger partial charge on any atom is -0.485 e. The topological polar surface area (TPSA) is 44.5 Å². The van der Waals surface area contributed by atoms with E-state index in [-0.39, 0.29) is 11.6 Å². The molecule has 1 heterocycles. The fraction of sp³-hybridized carbons (Fsp3) is 0.500. The van der Waals surface area contributed by atoms with Crippen LogP contribution < -0.4 is 10.5 Å². The molecule has 0 radical (unpaired) electrons. The molecule has 0 unspecified atom stereocenters. The lowest BCUT2D eigenvalue weighted by Crippen LogP contribution is -2.43. The zero-order valence-corrected chi connectivity index (χ0v) is 9.19. The fourth-order valence-electron chi connectivity index (χ4n) is 2.16. The molecule has 0 aliphatic carbocycles. The van der Waals surface area contributed by atoms with E-state index in [9.17, 15) is 0 Å². The van der Waals surface area contributed by atoms with Crippen molar-refractivity contribution in [2.45, 2.75) is 25.0 Å². The van der Waals surface area contributed by atoms with Crippen LogP contribution >= 0.6 is 0 Å². The van der Waals surface area contributed by atoms with Gasteiger partial charge in [-0.2, -0.15) is 0 Å². The van der Waals surface area contributed by atoms with Crippen molar-refractivity contribution in [3.05, 3.63) is 29.8 Å². The molecule has 0 saturated carbocycles. The van der Waals surface area contributed by atoms with Crippen molar-refractivity contribution in [3.8, 4) is 5.75 Å². The van der Waals surface area contributed by atoms with Gasteiger partial charge in [0.1, 0.15) is 11.4 Å². The van der Waals surface area contributed by atoms with E-state index in [2.05, 4.69) is 0 Å². The molecule has 0 saturated heterocycles.